The molecule has 0 unspecified atom stereocenters. The number of alkyl halides is 3. The summed E-state index contributed by atoms with van der Waals surface area (Å²) in [5.41, 5.74) is -4.37. The average Bonchev–Trinajstić information content (AvgIpc) is 2.71. The zero-order valence-corrected chi connectivity index (χ0v) is 16.5. The fraction of sp³-hybridized carbons (Fsp3) is 0.0500. The zero-order chi connectivity index (χ0) is 23.7. The Bertz CT molecular complexity index is 1340. The molecule has 1 aliphatic rings. The summed E-state index contributed by atoms with van der Waals surface area (Å²) in [5, 5.41) is 3.53. The van der Waals surface area contributed by atoms with E-state index < -0.39 is 33.4 Å². The first-order valence-electron chi connectivity index (χ1n) is 8.62. The first kappa shape index (κ1) is 22.9. The molecule has 1 heterocycles. The number of carbonyl (C=O) groups excluding carboxylic acids is 3. The van der Waals surface area contributed by atoms with Gasteiger partial charge in [-0.25, -0.2) is 4.79 Å². The van der Waals surface area contributed by atoms with Crippen LogP contribution in [-0.2, 0) is 10.1 Å². The Kier molecular flexibility index (Phi) is 6.01. The summed E-state index contributed by atoms with van der Waals surface area (Å²) < 4.78 is 62.9. The number of hydrogen-bond acceptors (Lipinski definition) is 6. The van der Waals surface area contributed by atoms with Gasteiger partial charge in [0.15, 0.2) is 0 Å². The SMILES string of the molecule is O=C(Oc1cc2c3c(cccc3c1)C(=O)NC2=O)c1ccccc1.O=S(=O)(O)C(F)(F)F. The van der Waals surface area contributed by atoms with Crippen molar-refractivity contribution in [2.24, 2.45) is 0 Å². The van der Waals surface area contributed by atoms with E-state index in [0.717, 1.165) is 0 Å². The van der Waals surface area contributed by atoms with E-state index in [1.54, 1.807) is 54.6 Å². The number of esters is 1. The summed E-state index contributed by atoms with van der Waals surface area (Å²) in [7, 11) is -5.84. The number of benzene rings is 3. The normalized spacial score (nSPS) is 13.1. The Labute approximate surface area is 178 Å². The first-order valence-corrected chi connectivity index (χ1v) is 10.1. The minimum atomic E-state index is -5.84. The molecule has 0 aliphatic carbocycles. The number of hydrogen-bond donors (Lipinski definition) is 2. The van der Waals surface area contributed by atoms with Crippen molar-refractivity contribution in [2.75, 3.05) is 0 Å². The van der Waals surface area contributed by atoms with Gasteiger partial charge in [-0.05, 0) is 35.7 Å². The van der Waals surface area contributed by atoms with Crippen molar-refractivity contribution in [3.05, 3.63) is 77.4 Å². The summed E-state index contributed by atoms with van der Waals surface area (Å²) >= 11 is 0. The van der Waals surface area contributed by atoms with Crippen LogP contribution in [0.3, 0.4) is 0 Å². The third kappa shape index (κ3) is 4.76. The zero-order valence-electron chi connectivity index (χ0n) is 15.7. The van der Waals surface area contributed by atoms with E-state index in [2.05, 4.69) is 5.32 Å². The van der Waals surface area contributed by atoms with Crippen molar-refractivity contribution in [1.29, 1.82) is 0 Å². The Morgan fingerprint density at radius 2 is 1.50 bits per heavy atom. The molecular weight excluding hydrogens is 455 g/mol. The molecule has 4 rings (SSSR count). The summed E-state index contributed by atoms with van der Waals surface area (Å²) in [6, 6.07) is 16.9. The standard InChI is InChI=1S/C19H11NO4.CHF3O3S/c21-17-14-8-4-7-12-9-13(10-15(16(12)14)18(22)20-17)24-19(23)11-5-2-1-3-6-11;2-1(3,4)8(5,6)7/h1-10H,(H,20,21,22);(H,5,6,7). The van der Waals surface area contributed by atoms with Crippen LogP contribution >= 0.6 is 0 Å². The minimum Gasteiger partial charge on any atom is -0.423 e. The van der Waals surface area contributed by atoms with Gasteiger partial charge in [-0.3, -0.25) is 19.5 Å². The van der Waals surface area contributed by atoms with E-state index >= 15 is 0 Å². The average molecular weight is 467 g/mol. The number of halogens is 3. The van der Waals surface area contributed by atoms with Crippen molar-refractivity contribution >= 4 is 38.7 Å². The molecule has 0 saturated carbocycles. The summed E-state index contributed by atoms with van der Waals surface area (Å²) in [5.74, 6) is -1.17. The first-order chi connectivity index (χ1) is 14.9. The maximum absolute atomic E-state index is 12.2. The largest absolute Gasteiger partial charge is 0.522 e. The van der Waals surface area contributed by atoms with E-state index in [0.29, 0.717) is 27.5 Å². The van der Waals surface area contributed by atoms with Gasteiger partial charge in [-0.15, -0.1) is 0 Å². The Morgan fingerprint density at radius 1 is 0.906 bits per heavy atom. The molecule has 0 fully saturated rings. The van der Waals surface area contributed by atoms with E-state index in [4.69, 9.17) is 17.7 Å². The molecule has 3 aromatic rings. The molecule has 166 valence electrons. The highest BCUT2D eigenvalue weighted by atomic mass is 32.2. The number of amides is 2. The molecule has 0 spiro atoms. The maximum Gasteiger partial charge on any atom is 0.522 e. The second-order valence-electron chi connectivity index (χ2n) is 6.33. The van der Waals surface area contributed by atoms with Crippen molar-refractivity contribution in [2.45, 2.75) is 5.51 Å². The molecule has 12 heteroatoms. The van der Waals surface area contributed by atoms with Crippen LogP contribution in [0, 0.1) is 0 Å². The number of rotatable bonds is 2. The Morgan fingerprint density at radius 3 is 2.09 bits per heavy atom. The van der Waals surface area contributed by atoms with Crippen LogP contribution in [-0.4, -0.2) is 36.3 Å². The van der Waals surface area contributed by atoms with Crippen LogP contribution in [0.25, 0.3) is 10.8 Å². The minimum absolute atomic E-state index is 0.257. The molecule has 0 aromatic heterocycles. The van der Waals surface area contributed by atoms with E-state index in [1.165, 1.54) is 6.07 Å². The molecule has 3 aromatic carbocycles. The molecule has 8 nitrogen and oxygen atoms in total. The fourth-order valence-electron chi connectivity index (χ4n) is 2.81. The second-order valence-corrected chi connectivity index (χ2v) is 7.75. The van der Waals surface area contributed by atoms with Crippen LogP contribution in [0.4, 0.5) is 13.2 Å². The lowest BCUT2D eigenvalue weighted by Gasteiger charge is -2.17. The number of imide groups is 1. The monoisotopic (exact) mass is 467 g/mol. The molecule has 0 atom stereocenters. The molecule has 1 aliphatic heterocycles. The van der Waals surface area contributed by atoms with Gasteiger partial charge in [0.05, 0.1) is 11.1 Å². The topological polar surface area (TPSA) is 127 Å². The highest BCUT2D eigenvalue weighted by molar-refractivity contribution is 7.86. The van der Waals surface area contributed by atoms with E-state index in [9.17, 15) is 27.6 Å². The Balaban J connectivity index is 0.000000312. The van der Waals surface area contributed by atoms with Gasteiger partial charge < -0.3 is 4.74 Å². The quantitative estimate of drug-likeness (QED) is 0.195. The van der Waals surface area contributed by atoms with Crippen molar-refractivity contribution in [3.63, 3.8) is 0 Å². The lowest BCUT2D eigenvalue weighted by atomic mass is 9.95. The predicted molar refractivity (Wildman–Crippen MR) is 105 cm³/mol. The Hall–Kier alpha value is -3.77. The van der Waals surface area contributed by atoms with Gasteiger partial charge in [0.2, 0.25) is 0 Å². The molecule has 32 heavy (non-hydrogen) atoms. The van der Waals surface area contributed by atoms with E-state index in [1.807, 2.05) is 0 Å². The number of carbonyl (C=O) groups is 3. The van der Waals surface area contributed by atoms with Crippen LogP contribution < -0.4 is 10.1 Å². The summed E-state index contributed by atoms with van der Waals surface area (Å²) in [4.78, 5) is 36.2. The highest BCUT2D eigenvalue weighted by Gasteiger charge is 2.44. The van der Waals surface area contributed by atoms with Gasteiger partial charge in [-0.1, -0.05) is 30.3 Å². The molecule has 0 radical (unpaired) electrons. The lowest BCUT2D eigenvalue weighted by Crippen LogP contribution is -2.34. The maximum atomic E-state index is 12.2. The van der Waals surface area contributed by atoms with Crippen molar-refractivity contribution < 1.29 is 45.3 Å². The van der Waals surface area contributed by atoms with E-state index in [-0.39, 0.29) is 5.75 Å². The predicted octanol–water partition coefficient (Wildman–Crippen LogP) is 3.34. The van der Waals surface area contributed by atoms with Crippen molar-refractivity contribution in [1.82, 2.24) is 5.32 Å². The molecule has 2 amide bonds. The number of ether oxygens (including phenoxy) is 1. The third-order valence-corrected chi connectivity index (χ3v) is 4.76. The van der Waals surface area contributed by atoms with Gasteiger partial charge in [0, 0.05) is 10.9 Å². The van der Waals surface area contributed by atoms with Gasteiger partial charge in [-0.2, -0.15) is 21.6 Å². The molecule has 2 N–H and O–H groups in total. The van der Waals surface area contributed by atoms with Crippen LogP contribution in [0.5, 0.6) is 5.75 Å². The second kappa shape index (κ2) is 8.40. The third-order valence-electron chi connectivity index (χ3n) is 4.18. The van der Waals surface area contributed by atoms with Crippen molar-refractivity contribution in [3.8, 4) is 5.75 Å². The van der Waals surface area contributed by atoms with Gasteiger partial charge in [0.1, 0.15) is 5.75 Å². The smallest absolute Gasteiger partial charge is 0.423 e. The highest BCUT2D eigenvalue weighted by Crippen LogP contribution is 2.31. The number of nitrogens with one attached hydrogen (secondary N) is 1. The van der Waals surface area contributed by atoms with Crippen LogP contribution in [0.2, 0.25) is 0 Å². The molecule has 0 bridgehead atoms. The lowest BCUT2D eigenvalue weighted by molar-refractivity contribution is -0.0510. The summed E-state index contributed by atoms with van der Waals surface area (Å²) in [6.45, 7) is 0. The summed E-state index contributed by atoms with van der Waals surface area (Å²) in [6.07, 6.45) is 0. The van der Waals surface area contributed by atoms with Gasteiger partial charge in [0.25, 0.3) is 11.8 Å². The van der Waals surface area contributed by atoms with Crippen LogP contribution in [0.1, 0.15) is 31.1 Å². The fourth-order valence-corrected chi connectivity index (χ4v) is 2.81. The van der Waals surface area contributed by atoms with Crippen LogP contribution in [0.15, 0.2) is 60.7 Å². The molecule has 0 saturated heterocycles. The molecular formula is C20H12F3NO7S. The van der Waals surface area contributed by atoms with Gasteiger partial charge >= 0.3 is 21.6 Å².